The zero-order chi connectivity index (χ0) is 10.1. The third-order valence-electron chi connectivity index (χ3n) is 2.21. The molecular formula is C10H10BrN3. The average Bonchev–Trinajstić information content (AvgIpc) is 2.43. The van der Waals surface area contributed by atoms with E-state index in [4.69, 9.17) is 0 Å². The Morgan fingerprint density at radius 2 is 2.21 bits per heavy atom. The lowest BCUT2D eigenvalue weighted by atomic mass is 10.2. The summed E-state index contributed by atoms with van der Waals surface area (Å²) >= 11 is 3.44. The molecule has 2 heterocycles. The first-order valence-corrected chi connectivity index (χ1v) is 5.08. The highest BCUT2D eigenvalue weighted by molar-refractivity contribution is 9.10. The molecule has 0 N–H and O–H groups in total. The Labute approximate surface area is 90.9 Å². The van der Waals surface area contributed by atoms with Crippen LogP contribution < -0.4 is 0 Å². The Bertz CT molecular complexity index is 448. The molecule has 2 rings (SSSR count). The molecule has 0 aliphatic heterocycles. The van der Waals surface area contributed by atoms with Gasteiger partial charge in [-0.3, -0.25) is 4.98 Å². The summed E-state index contributed by atoms with van der Waals surface area (Å²) in [6, 6.07) is 3.94. The number of hydrogen-bond acceptors (Lipinski definition) is 2. The van der Waals surface area contributed by atoms with Gasteiger partial charge < -0.3 is 4.57 Å². The van der Waals surface area contributed by atoms with Gasteiger partial charge in [0.25, 0.3) is 0 Å². The van der Waals surface area contributed by atoms with Crippen molar-refractivity contribution in [2.45, 2.75) is 6.92 Å². The van der Waals surface area contributed by atoms with E-state index in [9.17, 15) is 0 Å². The first-order chi connectivity index (χ1) is 6.70. The lowest BCUT2D eigenvalue weighted by Gasteiger charge is -2.03. The first-order valence-electron chi connectivity index (χ1n) is 4.29. The average molecular weight is 252 g/mol. The van der Waals surface area contributed by atoms with Gasteiger partial charge in [0.2, 0.25) is 0 Å². The number of aromatic nitrogens is 3. The van der Waals surface area contributed by atoms with Gasteiger partial charge in [0.05, 0.1) is 5.69 Å². The zero-order valence-corrected chi connectivity index (χ0v) is 9.62. The van der Waals surface area contributed by atoms with Crippen LogP contribution in [0.4, 0.5) is 0 Å². The van der Waals surface area contributed by atoms with Gasteiger partial charge in [0.15, 0.2) is 0 Å². The molecule has 0 unspecified atom stereocenters. The predicted molar refractivity (Wildman–Crippen MR) is 58.9 cm³/mol. The van der Waals surface area contributed by atoms with Crippen LogP contribution in [-0.2, 0) is 7.05 Å². The van der Waals surface area contributed by atoms with E-state index in [-0.39, 0.29) is 0 Å². The number of hydrogen-bond donors (Lipinski definition) is 0. The molecule has 0 saturated carbocycles. The van der Waals surface area contributed by atoms with Gasteiger partial charge in [-0.2, -0.15) is 0 Å². The Hall–Kier alpha value is -1.16. The lowest BCUT2D eigenvalue weighted by molar-refractivity contribution is 0.864. The highest BCUT2D eigenvalue weighted by atomic mass is 79.9. The summed E-state index contributed by atoms with van der Waals surface area (Å²) in [5.41, 5.74) is 2.14. The second kappa shape index (κ2) is 3.53. The Morgan fingerprint density at radius 1 is 1.43 bits per heavy atom. The number of pyridine rings is 1. The maximum Gasteiger partial charge on any atom is 0.132 e. The van der Waals surface area contributed by atoms with Gasteiger partial charge in [0, 0.05) is 25.0 Å². The van der Waals surface area contributed by atoms with E-state index < -0.39 is 0 Å². The summed E-state index contributed by atoms with van der Waals surface area (Å²) < 4.78 is 2.91. The van der Waals surface area contributed by atoms with E-state index in [1.165, 1.54) is 0 Å². The van der Waals surface area contributed by atoms with E-state index in [1.807, 2.05) is 36.9 Å². The van der Waals surface area contributed by atoms with Crippen LogP contribution in [0.25, 0.3) is 11.3 Å². The molecule has 72 valence electrons. The van der Waals surface area contributed by atoms with Gasteiger partial charge in [-0.25, -0.2) is 4.98 Å². The van der Waals surface area contributed by atoms with Crippen LogP contribution in [0.2, 0.25) is 0 Å². The van der Waals surface area contributed by atoms with Crippen molar-refractivity contribution in [3.8, 4) is 11.3 Å². The molecule has 14 heavy (non-hydrogen) atoms. The van der Waals surface area contributed by atoms with Crippen LogP contribution in [0.5, 0.6) is 0 Å². The number of imidazole rings is 1. The molecule has 0 bridgehead atoms. The quantitative estimate of drug-likeness (QED) is 0.780. The Kier molecular flexibility index (Phi) is 2.37. The largest absolute Gasteiger partial charge is 0.330 e. The second-order valence-electron chi connectivity index (χ2n) is 3.10. The smallest absolute Gasteiger partial charge is 0.132 e. The second-order valence-corrected chi connectivity index (χ2v) is 3.85. The Morgan fingerprint density at radius 3 is 2.71 bits per heavy atom. The molecule has 0 aliphatic rings. The molecule has 0 atom stereocenters. The minimum Gasteiger partial charge on any atom is -0.330 e. The van der Waals surface area contributed by atoms with Gasteiger partial charge in [0.1, 0.15) is 10.4 Å². The highest BCUT2D eigenvalue weighted by Gasteiger charge is 2.11. The van der Waals surface area contributed by atoms with Crippen LogP contribution in [0.3, 0.4) is 0 Å². The fourth-order valence-corrected chi connectivity index (χ4v) is 2.14. The monoisotopic (exact) mass is 251 g/mol. The standard InChI is InChI=1S/C10H10BrN3/c1-7-13-10(11)9(14(7)2)8-4-3-5-12-6-8/h3-6H,1-2H3. The van der Waals surface area contributed by atoms with Gasteiger partial charge >= 0.3 is 0 Å². The third-order valence-corrected chi connectivity index (χ3v) is 2.76. The fraction of sp³-hybridized carbons (Fsp3) is 0.200. The van der Waals surface area contributed by atoms with Crippen molar-refractivity contribution in [2.24, 2.45) is 7.05 Å². The van der Waals surface area contributed by atoms with Crippen LogP contribution in [0.15, 0.2) is 29.1 Å². The van der Waals surface area contributed by atoms with Crippen LogP contribution in [0, 0.1) is 6.92 Å². The van der Waals surface area contributed by atoms with Gasteiger partial charge in [-0.15, -0.1) is 0 Å². The molecule has 0 fully saturated rings. The molecule has 0 aromatic carbocycles. The topological polar surface area (TPSA) is 30.7 Å². The van der Waals surface area contributed by atoms with Crippen molar-refractivity contribution in [1.29, 1.82) is 0 Å². The Balaban J connectivity index is 2.62. The van der Waals surface area contributed by atoms with E-state index in [2.05, 4.69) is 25.9 Å². The van der Waals surface area contributed by atoms with E-state index >= 15 is 0 Å². The van der Waals surface area contributed by atoms with Crippen LogP contribution in [-0.4, -0.2) is 14.5 Å². The maximum absolute atomic E-state index is 4.34. The molecule has 2 aromatic heterocycles. The molecule has 0 radical (unpaired) electrons. The van der Waals surface area contributed by atoms with E-state index in [1.54, 1.807) is 6.20 Å². The van der Waals surface area contributed by atoms with Crippen molar-refractivity contribution in [3.63, 3.8) is 0 Å². The molecule has 2 aromatic rings. The molecular weight excluding hydrogens is 242 g/mol. The summed E-state index contributed by atoms with van der Waals surface area (Å²) in [6.07, 6.45) is 3.60. The van der Waals surface area contributed by atoms with Gasteiger partial charge in [-0.05, 0) is 35.0 Å². The number of aryl methyl sites for hydroxylation is 1. The van der Waals surface area contributed by atoms with Crippen molar-refractivity contribution < 1.29 is 0 Å². The normalized spacial score (nSPS) is 10.5. The molecule has 3 nitrogen and oxygen atoms in total. The molecule has 0 spiro atoms. The third kappa shape index (κ3) is 1.46. The van der Waals surface area contributed by atoms with Crippen molar-refractivity contribution in [3.05, 3.63) is 35.0 Å². The van der Waals surface area contributed by atoms with Crippen molar-refractivity contribution >= 4 is 15.9 Å². The SMILES string of the molecule is Cc1nc(Br)c(-c2cccnc2)n1C. The van der Waals surface area contributed by atoms with Crippen LogP contribution >= 0.6 is 15.9 Å². The minimum atomic E-state index is 0.866. The number of halogens is 1. The van der Waals surface area contributed by atoms with E-state index in [0.717, 1.165) is 21.7 Å². The molecule has 4 heteroatoms. The van der Waals surface area contributed by atoms with Crippen molar-refractivity contribution in [2.75, 3.05) is 0 Å². The predicted octanol–water partition coefficient (Wildman–Crippen LogP) is 2.55. The first kappa shape index (κ1) is 9.40. The molecule has 0 amide bonds. The summed E-state index contributed by atoms with van der Waals surface area (Å²) in [6.45, 7) is 1.98. The molecule has 0 saturated heterocycles. The van der Waals surface area contributed by atoms with Gasteiger partial charge in [-0.1, -0.05) is 0 Å². The maximum atomic E-state index is 4.34. The number of nitrogens with zero attached hydrogens (tertiary/aromatic N) is 3. The highest BCUT2D eigenvalue weighted by Crippen LogP contribution is 2.27. The summed E-state index contributed by atoms with van der Waals surface area (Å²) in [5.74, 6) is 0.982. The lowest BCUT2D eigenvalue weighted by Crippen LogP contribution is -1.94. The molecule has 0 aliphatic carbocycles. The summed E-state index contributed by atoms with van der Waals surface area (Å²) in [4.78, 5) is 8.43. The fourth-order valence-electron chi connectivity index (χ4n) is 1.39. The van der Waals surface area contributed by atoms with Crippen molar-refractivity contribution in [1.82, 2.24) is 14.5 Å². The summed E-state index contributed by atoms with van der Waals surface area (Å²) in [7, 11) is 2.00. The minimum absolute atomic E-state index is 0.866. The van der Waals surface area contributed by atoms with E-state index in [0.29, 0.717) is 0 Å². The van der Waals surface area contributed by atoms with Crippen LogP contribution in [0.1, 0.15) is 5.82 Å². The summed E-state index contributed by atoms with van der Waals surface area (Å²) in [5, 5.41) is 0. The number of rotatable bonds is 1. The zero-order valence-electron chi connectivity index (χ0n) is 8.03.